The molecule has 0 saturated heterocycles. The molecular weight excluding hydrogens is 207 g/mol. The lowest BCUT2D eigenvalue weighted by Gasteiger charge is -2.24. The first kappa shape index (κ1) is 11.6. The van der Waals surface area contributed by atoms with Crippen LogP contribution in [0.3, 0.4) is 0 Å². The van der Waals surface area contributed by atoms with Crippen molar-refractivity contribution in [2.24, 2.45) is 0 Å². The molecule has 0 amide bonds. The maximum atomic E-state index is 12.2. The van der Waals surface area contributed by atoms with E-state index in [0.29, 0.717) is 11.4 Å². The second-order valence-corrected chi connectivity index (χ2v) is 3.11. The number of hydrogen-bond acceptors (Lipinski definition) is 3. The molecule has 0 radical (unpaired) electrons. The Balaban J connectivity index is 2.83. The molecule has 1 aromatic rings. The van der Waals surface area contributed by atoms with E-state index in [1.165, 1.54) is 23.4 Å². The Morgan fingerprint density at radius 2 is 2.07 bits per heavy atom. The molecule has 3 nitrogen and oxygen atoms in total. The molecule has 1 aromatic heterocycles. The van der Waals surface area contributed by atoms with Crippen molar-refractivity contribution in [1.82, 2.24) is 4.98 Å². The molecule has 15 heavy (non-hydrogen) atoms. The van der Waals surface area contributed by atoms with Crippen LogP contribution in [-0.4, -0.2) is 24.2 Å². The fraction of sp³-hybridized carbons (Fsp3) is 0.444. The van der Waals surface area contributed by atoms with E-state index in [2.05, 4.69) is 4.98 Å². The number of halogens is 3. The lowest BCUT2D eigenvalue weighted by atomic mass is 10.3. The standard InChI is InChI=1S/C9H12F3N3/c1-2-15(6-9(10,11)12)8-3-7(13)4-14-5-8/h3-5H,2,6,13H2,1H3. The molecule has 1 rings (SSSR count). The largest absolute Gasteiger partial charge is 0.405 e. The molecule has 0 bridgehead atoms. The molecule has 6 heteroatoms. The Labute approximate surface area is 85.7 Å². The fourth-order valence-corrected chi connectivity index (χ4v) is 1.22. The van der Waals surface area contributed by atoms with E-state index in [0.717, 1.165) is 0 Å². The van der Waals surface area contributed by atoms with Gasteiger partial charge in [0.05, 0.1) is 17.6 Å². The minimum Gasteiger partial charge on any atom is -0.397 e. The van der Waals surface area contributed by atoms with Gasteiger partial charge in [0.1, 0.15) is 6.54 Å². The lowest BCUT2D eigenvalue weighted by molar-refractivity contribution is -0.119. The Morgan fingerprint density at radius 1 is 1.40 bits per heavy atom. The molecule has 0 aliphatic heterocycles. The quantitative estimate of drug-likeness (QED) is 0.846. The summed E-state index contributed by atoms with van der Waals surface area (Å²) >= 11 is 0. The van der Waals surface area contributed by atoms with Crippen molar-refractivity contribution >= 4 is 11.4 Å². The van der Waals surface area contributed by atoms with Gasteiger partial charge in [0.15, 0.2) is 0 Å². The number of pyridine rings is 1. The van der Waals surface area contributed by atoms with Crippen LogP contribution in [0.25, 0.3) is 0 Å². The molecule has 0 unspecified atom stereocenters. The van der Waals surface area contributed by atoms with Crippen LogP contribution in [0.1, 0.15) is 6.92 Å². The van der Waals surface area contributed by atoms with Crippen LogP contribution in [0, 0.1) is 0 Å². The lowest BCUT2D eigenvalue weighted by Crippen LogP contribution is -2.34. The first-order valence-corrected chi connectivity index (χ1v) is 4.44. The Bertz CT molecular complexity index is 325. The minimum absolute atomic E-state index is 0.255. The van der Waals surface area contributed by atoms with Crippen LogP contribution in [-0.2, 0) is 0 Å². The highest BCUT2D eigenvalue weighted by molar-refractivity contribution is 5.53. The molecule has 0 aromatic carbocycles. The molecule has 1 heterocycles. The summed E-state index contributed by atoms with van der Waals surface area (Å²) in [7, 11) is 0. The monoisotopic (exact) mass is 219 g/mol. The van der Waals surface area contributed by atoms with Crippen LogP contribution >= 0.6 is 0 Å². The third-order valence-corrected chi connectivity index (χ3v) is 1.86. The molecule has 0 fully saturated rings. The van der Waals surface area contributed by atoms with Crippen LogP contribution in [0.4, 0.5) is 24.5 Å². The first-order valence-electron chi connectivity index (χ1n) is 4.44. The summed E-state index contributed by atoms with van der Waals surface area (Å²) in [5, 5.41) is 0. The predicted octanol–water partition coefficient (Wildman–Crippen LogP) is 2.05. The number of nitrogens with two attached hydrogens (primary N) is 1. The summed E-state index contributed by atoms with van der Waals surface area (Å²) in [5.74, 6) is 0. The fourth-order valence-electron chi connectivity index (χ4n) is 1.22. The third kappa shape index (κ3) is 3.65. The van der Waals surface area contributed by atoms with Crippen molar-refractivity contribution in [3.05, 3.63) is 18.5 Å². The van der Waals surface area contributed by atoms with E-state index < -0.39 is 12.7 Å². The van der Waals surface area contributed by atoms with Gasteiger partial charge in [-0.2, -0.15) is 13.2 Å². The molecular formula is C9H12F3N3. The highest BCUT2D eigenvalue weighted by atomic mass is 19.4. The zero-order valence-corrected chi connectivity index (χ0v) is 8.25. The SMILES string of the molecule is CCN(CC(F)(F)F)c1cncc(N)c1. The topological polar surface area (TPSA) is 42.2 Å². The number of nitrogens with zero attached hydrogens (tertiary/aromatic N) is 2. The second kappa shape index (κ2) is 4.37. The Morgan fingerprint density at radius 3 is 2.53 bits per heavy atom. The van der Waals surface area contributed by atoms with E-state index in [1.54, 1.807) is 6.92 Å². The molecule has 0 spiro atoms. The summed E-state index contributed by atoms with van der Waals surface area (Å²) in [6.45, 7) is 0.911. The van der Waals surface area contributed by atoms with Crippen LogP contribution < -0.4 is 10.6 Å². The van der Waals surface area contributed by atoms with Gasteiger partial charge in [-0.1, -0.05) is 0 Å². The zero-order valence-electron chi connectivity index (χ0n) is 8.25. The predicted molar refractivity (Wildman–Crippen MR) is 52.6 cm³/mol. The normalized spacial score (nSPS) is 11.5. The van der Waals surface area contributed by atoms with Gasteiger partial charge in [0, 0.05) is 12.7 Å². The maximum Gasteiger partial charge on any atom is 0.405 e. The average Bonchev–Trinajstić information content (AvgIpc) is 2.13. The van der Waals surface area contributed by atoms with Gasteiger partial charge in [-0.05, 0) is 13.0 Å². The highest BCUT2D eigenvalue weighted by Crippen LogP contribution is 2.22. The van der Waals surface area contributed by atoms with Crippen molar-refractivity contribution in [2.75, 3.05) is 23.7 Å². The van der Waals surface area contributed by atoms with Crippen molar-refractivity contribution in [3.8, 4) is 0 Å². The van der Waals surface area contributed by atoms with Crippen molar-refractivity contribution in [2.45, 2.75) is 13.1 Å². The van der Waals surface area contributed by atoms with Crippen molar-refractivity contribution < 1.29 is 13.2 Å². The highest BCUT2D eigenvalue weighted by Gasteiger charge is 2.30. The van der Waals surface area contributed by atoms with Gasteiger partial charge < -0.3 is 10.6 Å². The number of hydrogen-bond donors (Lipinski definition) is 1. The molecule has 0 aliphatic carbocycles. The van der Waals surface area contributed by atoms with Gasteiger partial charge in [0.25, 0.3) is 0 Å². The molecule has 2 N–H and O–H groups in total. The van der Waals surface area contributed by atoms with Gasteiger partial charge in [-0.3, -0.25) is 4.98 Å². The van der Waals surface area contributed by atoms with Crippen LogP contribution in [0.15, 0.2) is 18.5 Å². The zero-order chi connectivity index (χ0) is 11.5. The molecule has 84 valence electrons. The molecule has 0 atom stereocenters. The van der Waals surface area contributed by atoms with Crippen molar-refractivity contribution in [3.63, 3.8) is 0 Å². The summed E-state index contributed by atoms with van der Waals surface area (Å²) in [5.41, 5.74) is 6.18. The van der Waals surface area contributed by atoms with Gasteiger partial charge in [0.2, 0.25) is 0 Å². The summed E-state index contributed by atoms with van der Waals surface area (Å²) in [6.07, 6.45) is -1.46. The number of anilines is 2. The third-order valence-electron chi connectivity index (χ3n) is 1.86. The van der Waals surface area contributed by atoms with E-state index in [4.69, 9.17) is 5.73 Å². The van der Waals surface area contributed by atoms with E-state index in [9.17, 15) is 13.2 Å². The number of aromatic nitrogens is 1. The van der Waals surface area contributed by atoms with E-state index in [-0.39, 0.29) is 6.54 Å². The number of alkyl halides is 3. The van der Waals surface area contributed by atoms with Gasteiger partial charge in [-0.15, -0.1) is 0 Å². The first-order chi connectivity index (χ1) is 6.92. The van der Waals surface area contributed by atoms with Crippen LogP contribution in [0.5, 0.6) is 0 Å². The maximum absolute atomic E-state index is 12.2. The van der Waals surface area contributed by atoms with Crippen molar-refractivity contribution in [1.29, 1.82) is 0 Å². The summed E-state index contributed by atoms with van der Waals surface area (Å²) in [6, 6.07) is 1.47. The Hall–Kier alpha value is -1.46. The minimum atomic E-state index is -4.22. The summed E-state index contributed by atoms with van der Waals surface area (Å²) in [4.78, 5) is 4.92. The molecule has 0 saturated carbocycles. The average molecular weight is 219 g/mol. The van der Waals surface area contributed by atoms with Gasteiger partial charge in [-0.25, -0.2) is 0 Å². The second-order valence-electron chi connectivity index (χ2n) is 3.11. The van der Waals surface area contributed by atoms with E-state index in [1.807, 2.05) is 0 Å². The smallest absolute Gasteiger partial charge is 0.397 e. The number of nitrogen functional groups attached to an aromatic ring is 1. The van der Waals surface area contributed by atoms with Crippen LogP contribution in [0.2, 0.25) is 0 Å². The summed E-state index contributed by atoms with van der Waals surface area (Å²) < 4.78 is 36.6. The van der Waals surface area contributed by atoms with E-state index >= 15 is 0 Å². The molecule has 0 aliphatic rings. The number of rotatable bonds is 3. The Kier molecular flexibility index (Phi) is 3.39. The van der Waals surface area contributed by atoms with Gasteiger partial charge >= 0.3 is 6.18 Å².